The van der Waals surface area contributed by atoms with E-state index in [2.05, 4.69) is 15.2 Å². The average molecular weight is 380 g/mol. The summed E-state index contributed by atoms with van der Waals surface area (Å²) in [4.78, 5) is 31.4. The molecular weight excluding hydrogens is 359 g/mol. The van der Waals surface area contributed by atoms with Crippen LogP contribution in [-0.4, -0.2) is 28.5 Å². The summed E-state index contributed by atoms with van der Waals surface area (Å²) in [5.41, 5.74) is 2.92. The number of aryl methyl sites for hydroxylation is 1. The predicted octanol–water partition coefficient (Wildman–Crippen LogP) is 3.08. The molecule has 144 valence electrons. The molecule has 1 amide bonds. The molecule has 1 N–H and O–H groups in total. The largest absolute Gasteiger partial charge is 0.371 e. The maximum atomic E-state index is 13.4. The highest BCUT2D eigenvalue weighted by Gasteiger charge is 2.15. The van der Waals surface area contributed by atoms with E-state index >= 15 is 0 Å². The van der Waals surface area contributed by atoms with E-state index in [1.54, 1.807) is 0 Å². The molecule has 28 heavy (non-hydrogen) atoms. The summed E-state index contributed by atoms with van der Waals surface area (Å²) in [6.45, 7) is 3.96. The van der Waals surface area contributed by atoms with Gasteiger partial charge in [-0.05, 0) is 61.7 Å². The van der Waals surface area contributed by atoms with Crippen LogP contribution in [0.5, 0.6) is 0 Å². The van der Waals surface area contributed by atoms with Crippen LogP contribution in [0.25, 0.3) is 10.9 Å². The van der Waals surface area contributed by atoms with E-state index in [9.17, 15) is 14.0 Å². The van der Waals surface area contributed by atoms with E-state index in [1.807, 2.05) is 25.1 Å². The highest BCUT2D eigenvalue weighted by molar-refractivity contribution is 5.91. The standard InChI is InChI=1S/C21H21FN4O2/c1-14-10-16(5-7-19(14)25-8-2-3-9-25)24-20(27)12-26-13-23-18-6-4-15(22)11-17(18)21(26)28/h4-7,10-11,13H,2-3,8-9,12H2,1H3,(H,24,27). The molecule has 1 saturated heterocycles. The molecular formula is C21H21FN4O2. The first-order valence-electron chi connectivity index (χ1n) is 9.31. The zero-order valence-corrected chi connectivity index (χ0v) is 15.6. The van der Waals surface area contributed by atoms with Crippen molar-refractivity contribution in [1.29, 1.82) is 0 Å². The number of rotatable bonds is 4. The zero-order chi connectivity index (χ0) is 19.7. The SMILES string of the molecule is Cc1cc(NC(=O)Cn2cnc3ccc(F)cc3c2=O)ccc1N1CCCC1. The zero-order valence-electron chi connectivity index (χ0n) is 15.6. The number of aromatic nitrogens is 2. The normalized spacial score (nSPS) is 13.9. The number of fused-ring (bicyclic) bond motifs is 1. The Morgan fingerprint density at radius 3 is 2.71 bits per heavy atom. The number of nitrogens with zero attached hydrogens (tertiary/aromatic N) is 3. The van der Waals surface area contributed by atoms with E-state index < -0.39 is 11.4 Å². The Bertz CT molecular complexity index is 1100. The number of hydrogen-bond acceptors (Lipinski definition) is 4. The number of carbonyl (C=O) groups is 1. The summed E-state index contributed by atoms with van der Waals surface area (Å²) in [5.74, 6) is -0.852. The second kappa shape index (κ2) is 7.42. The highest BCUT2D eigenvalue weighted by atomic mass is 19.1. The monoisotopic (exact) mass is 380 g/mol. The van der Waals surface area contributed by atoms with Crippen molar-refractivity contribution in [3.05, 3.63) is 64.5 Å². The number of carbonyl (C=O) groups excluding carboxylic acids is 1. The fraction of sp³-hybridized carbons (Fsp3) is 0.286. The lowest BCUT2D eigenvalue weighted by Crippen LogP contribution is -2.28. The molecule has 1 fully saturated rings. The van der Waals surface area contributed by atoms with Gasteiger partial charge in [-0.2, -0.15) is 0 Å². The summed E-state index contributed by atoms with van der Waals surface area (Å²) >= 11 is 0. The number of nitrogens with one attached hydrogen (secondary N) is 1. The fourth-order valence-electron chi connectivity index (χ4n) is 3.65. The van der Waals surface area contributed by atoms with Gasteiger partial charge in [0.2, 0.25) is 5.91 Å². The van der Waals surface area contributed by atoms with Crippen molar-refractivity contribution < 1.29 is 9.18 Å². The van der Waals surface area contributed by atoms with Gasteiger partial charge in [0.1, 0.15) is 12.4 Å². The first kappa shape index (κ1) is 18.2. The number of amides is 1. The molecule has 0 spiro atoms. The average Bonchev–Trinajstić information content (AvgIpc) is 3.19. The Hall–Kier alpha value is -3.22. The van der Waals surface area contributed by atoms with Gasteiger partial charge in [0, 0.05) is 24.5 Å². The lowest BCUT2D eigenvalue weighted by Gasteiger charge is -2.20. The summed E-state index contributed by atoms with van der Waals surface area (Å²) in [6.07, 6.45) is 3.72. The molecule has 1 aromatic heterocycles. The number of halogens is 1. The Labute approximate surface area is 161 Å². The third-order valence-corrected chi connectivity index (χ3v) is 5.03. The molecule has 3 aromatic rings. The van der Waals surface area contributed by atoms with Crippen molar-refractivity contribution in [2.45, 2.75) is 26.3 Å². The number of hydrogen-bond donors (Lipinski definition) is 1. The van der Waals surface area contributed by atoms with Gasteiger partial charge in [0.25, 0.3) is 5.56 Å². The summed E-state index contributed by atoms with van der Waals surface area (Å²) < 4.78 is 14.6. The number of anilines is 2. The lowest BCUT2D eigenvalue weighted by molar-refractivity contribution is -0.116. The van der Waals surface area contributed by atoms with Gasteiger partial charge in [-0.1, -0.05) is 0 Å². The minimum Gasteiger partial charge on any atom is -0.371 e. The molecule has 0 radical (unpaired) electrons. The molecule has 0 bridgehead atoms. The third kappa shape index (κ3) is 3.60. The van der Waals surface area contributed by atoms with Gasteiger partial charge in [0.05, 0.1) is 17.2 Å². The van der Waals surface area contributed by atoms with Crippen molar-refractivity contribution in [1.82, 2.24) is 9.55 Å². The molecule has 1 aliphatic rings. The third-order valence-electron chi connectivity index (χ3n) is 5.03. The first-order chi connectivity index (χ1) is 13.5. The molecule has 1 aliphatic heterocycles. The van der Waals surface area contributed by atoms with Gasteiger partial charge in [-0.3, -0.25) is 14.2 Å². The van der Waals surface area contributed by atoms with Gasteiger partial charge < -0.3 is 10.2 Å². The molecule has 0 atom stereocenters. The summed E-state index contributed by atoms with van der Waals surface area (Å²) in [5, 5.41) is 2.97. The maximum absolute atomic E-state index is 13.4. The molecule has 4 rings (SSSR count). The molecule has 2 aromatic carbocycles. The minimum atomic E-state index is -0.512. The van der Waals surface area contributed by atoms with E-state index in [1.165, 1.54) is 41.6 Å². The van der Waals surface area contributed by atoms with Crippen molar-refractivity contribution in [3.63, 3.8) is 0 Å². The molecule has 6 nitrogen and oxygen atoms in total. The van der Waals surface area contributed by atoms with Crippen LogP contribution in [0.2, 0.25) is 0 Å². The Morgan fingerprint density at radius 1 is 1.18 bits per heavy atom. The van der Waals surface area contributed by atoms with Gasteiger partial charge >= 0.3 is 0 Å². The Morgan fingerprint density at radius 2 is 1.96 bits per heavy atom. The smallest absolute Gasteiger partial charge is 0.261 e. The van der Waals surface area contributed by atoms with Crippen LogP contribution in [-0.2, 0) is 11.3 Å². The lowest BCUT2D eigenvalue weighted by atomic mass is 10.1. The Kier molecular flexibility index (Phi) is 4.81. The van der Waals surface area contributed by atoms with Crippen molar-refractivity contribution >= 4 is 28.2 Å². The van der Waals surface area contributed by atoms with E-state index in [-0.39, 0.29) is 17.8 Å². The van der Waals surface area contributed by atoms with Crippen molar-refractivity contribution in [2.75, 3.05) is 23.3 Å². The summed E-state index contributed by atoms with van der Waals surface area (Å²) in [7, 11) is 0. The van der Waals surface area contributed by atoms with Crippen molar-refractivity contribution in [3.8, 4) is 0 Å². The van der Waals surface area contributed by atoms with Crippen LogP contribution in [0.4, 0.5) is 15.8 Å². The topological polar surface area (TPSA) is 67.2 Å². The molecule has 0 unspecified atom stereocenters. The Balaban J connectivity index is 1.50. The van der Waals surface area contributed by atoms with Crippen LogP contribution in [0.1, 0.15) is 18.4 Å². The van der Waals surface area contributed by atoms with Crippen LogP contribution < -0.4 is 15.8 Å². The molecule has 7 heteroatoms. The van der Waals surface area contributed by atoms with Gasteiger partial charge in [0.15, 0.2) is 0 Å². The first-order valence-corrected chi connectivity index (χ1v) is 9.31. The molecule has 0 aliphatic carbocycles. The second-order valence-corrected chi connectivity index (χ2v) is 7.08. The van der Waals surface area contributed by atoms with Crippen LogP contribution >= 0.6 is 0 Å². The van der Waals surface area contributed by atoms with E-state index in [0.29, 0.717) is 11.2 Å². The number of benzene rings is 2. The van der Waals surface area contributed by atoms with Crippen LogP contribution in [0.3, 0.4) is 0 Å². The summed E-state index contributed by atoms with van der Waals surface area (Å²) in [6, 6.07) is 9.65. The maximum Gasteiger partial charge on any atom is 0.261 e. The highest BCUT2D eigenvalue weighted by Crippen LogP contribution is 2.26. The van der Waals surface area contributed by atoms with Gasteiger partial charge in [-0.25, -0.2) is 9.37 Å². The minimum absolute atomic E-state index is 0.154. The van der Waals surface area contributed by atoms with Gasteiger partial charge in [-0.15, -0.1) is 0 Å². The van der Waals surface area contributed by atoms with Crippen molar-refractivity contribution in [2.24, 2.45) is 0 Å². The van der Waals surface area contributed by atoms with E-state index in [0.717, 1.165) is 24.7 Å². The molecule has 2 heterocycles. The second-order valence-electron chi connectivity index (χ2n) is 7.08. The molecule has 0 saturated carbocycles. The van der Waals surface area contributed by atoms with E-state index in [4.69, 9.17) is 0 Å². The fourth-order valence-corrected chi connectivity index (χ4v) is 3.65. The van der Waals surface area contributed by atoms with Crippen LogP contribution in [0, 0.1) is 12.7 Å². The van der Waals surface area contributed by atoms with Crippen LogP contribution in [0.15, 0.2) is 47.5 Å². The quantitative estimate of drug-likeness (QED) is 0.755. The predicted molar refractivity (Wildman–Crippen MR) is 107 cm³/mol.